The van der Waals surface area contributed by atoms with Gasteiger partial charge < -0.3 is 9.88 Å². The smallest absolute Gasteiger partial charge is 0.140 e. The Morgan fingerprint density at radius 1 is 1.29 bits per heavy atom. The van der Waals surface area contributed by atoms with Gasteiger partial charge in [-0.3, -0.25) is 0 Å². The SMILES string of the molecule is CNCc1cn(Cc2ccc(F)cc2Br)c2ncccc12. The molecule has 0 unspecified atom stereocenters. The van der Waals surface area contributed by atoms with Crippen LogP contribution in [0.4, 0.5) is 4.39 Å². The molecule has 0 spiro atoms. The Labute approximate surface area is 130 Å². The number of nitrogens with one attached hydrogen (secondary N) is 1. The first-order valence-corrected chi connectivity index (χ1v) is 7.49. The van der Waals surface area contributed by atoms with Gasteiger partial charge in [0.25, 0.3) is 0 Å². The van der Waals surface area contributed by atoms with Crippen molar-refractivity contribution in [3.8, 4) is 0 Å². The molecule has 0 aliphatic heterocycles. The molecule has 0 amide bonds. The summed E-state index contributed by atoms with van der Waals surface area (Å²) in [6, 6.07) is 8.79. The number of rotatable bonds is 4. The first-order chi connectivity index (χ1) is 10.2. The standard InChI is InChI=1S/C16H15BrFN3/c1-19-8-12-10-21(16-14(12)3-2-6-20-16)9-11-4-5-13(18)7-15(11)17/h2-7,10,19H,8-9H2,1H3. The molecule has 0 fully saturated rings. The molecule has 3 aromatic rings. The highest BCUT2D eigenvalue weighted by atomic mass is 79.9. The number of aromatic nitrogens is 2. The fraction of sp³-hybridized carbons (Fsp3) is 0.188. The Morgan fingerprint density at radius 3 is 2.90 bits per heavy atom. The van der Waals surface area contributed by atoms with E-state index in [1.54, 1.807) is 12.3 Å². The molecule has 2 aromatic heterocycles. The minimum atomic E-state index is -0.239. The third kappa shape index (κ3) is 2.84. The molecule has 0 radical (unpaired) electrons. The summed E-state index contributed by atoms with van der Waals surface area (Å²) in [6.07, 6.45) is 3.89. The van der Waals surface area contributed by atoms with Gasteiger partial charge >= 0.3 is 0 Å². The van der Waals surface area contributed by atoms with Crippen LogP contribution in [0.5, 0.6) is 0 Å². The summed E-state index contributed by atoms with van der Waals surface area (Å²) in [5.41, 5.74) is 3.17. The fourth-order valence-electron chi connectivity index (χ4n) is 2.48. The average Bonchev–Trinajstić information content (AvgIpc) is 2.81. The Hall–Kier alpha value is -1.72. The molecule has 0 bridgehead atoms. The van der Waals surface area contributed by atoms with E-state index in [1.165, 1.54) is 17.7 Å². The monoisotopic (exact) mass is 347 g/mol. The minimum absolute atomic E-state index is 0.239. The number of halogens is 2. The van der Waals surface area contributed by atoms with Gasteiger partial charge in [0.15, 0.2) is 0 Å². The minimum Gasteiger partial charge on any atom is -0.328 e. The quantitative estimate of drug-likeness (QED) is 0.779. The van der Waals surface area contributed by atoms with Crippen molar-refractivity contribution in [3.63, 3.8) is 0 Å². The van der Waals surface area contributed by atoms with E-state index in [2.05, 4.69) is 43.1 Å². The van der Waals surface area contributed by atoms with Crippen LogP contribution in [0.2, 0.25) is 0 Å². The first kappa shape index (κ1) is 14.2. The van der Waals surface area contributed by atoms with E-state index in [0.717, 1.165) is 27.6 Å². The molecular formula is C16H15BrFN3. The highest BCUT2D eigenvalue weighted by Gasteiger charge is 2.10. The lowest BCUT2D eigenvalue weighted by Gasteiger charge is -2.07. The van der Waals surface area contributed by atoms with Crippen LogP contribution in [-0.2, 0) is 13.1 Å². The maximum atomic E-state index is 13.2. The maximum absolute atomic E-state index is 13.2. The van der Waals surface area contributed by atoms with Crippen LogP contribution in [0.1, 0.15) is 11.1 Å². The first-order valence-electron chi connectivity index (χ1n) is 6.70. The summed E-state index contributed by atoms with van der Waals surface area (Å²) in [7, 11) is 1.93. The van der Waals surface area contributed by atoms with Gasteiger partial charge in [-0.1, -0.05) is 22.0 Å². The van der Waals surface area contributed by atoms with Crippen molar-refractivity contribution >= 4 is 27.0 Å². The number of hydrogen-bond donors (Lipinski definition) is 1. The van der Waals surface area contributed by atoms with Crippen LogP contribution in [0.3, 0.4) is 0 Å². The summed E-state index contributed by atoms with van der Waals surface area (Å²) in [6.45, 7) is 1.44. The molecule has 0 aliphatic rings. The molecule has 3 rings (SSSR count). The molecule has 1 N–H and O–H groups in total. The Balaban J connectivity index is 2.04. The number of pyridine rings is 1. The van der Waals surface area contributed by atoms with E-state index < -0.39 is 0 Å². The molecule has 2 heterocycles. The predicted octanol–water partition coefficient (Wildman–Crippen LogP) is 3.71. The van der Waals surface area contributed by atoms with Gasteiger partial charge in [0.05, 0.1) is 6.54 Å². The van der Waals surface area contributed by atoms with Crippen molar-refractivity contribution in [1.82, 2.24) is 14.9 Å². The van der Waals surface area contributed by atoms with Gasteiger partial charge in [0.1, 0.15) is 11.5 Å². The molecule has 3 nitrogen and oxygen atoms in total. The number of hydrogen-bond acceptors (Lipinski definition) is 2. The van der Waals surface area contributed by atoms with Crippen LogP contribution in [0.15, 0.2) is 47.2 Å². The van der Waals surface area contributed by atoms with Crippen molar-refractivity contribution in [2.75, 3.05) is 7.05 Å². The lowest BCUT2D eigenvalue weighted by molar-refractivity contribution is 0.625. The lowest BCUT2D eigenvalue weighted by Crippen LogP contribution is -2.04. The van der Waals surface area contributed by atoms with Crippen LogP contribution < -0.4 is 5.32 Å². The lowest BCUT2D eigenvalue weighted by atomic mass is 10.2. The molecule has 1 aromatic carbocycles. The molecule has 0 saturated carbocycles. The van der Waals surface area contributed by atoms with Gasteiger partial charge in [0, 0.05) is 28.8 Å². The fourth-order valence-corrected chi connectivity index (χ4v) is 2.96. The second kappa shape index (κ2) is 5.95. The van der Waals surface area contributed by atoms with Crippen molar-refractivity contribution in [1.29, 1.82) is 0 Å². The van der Waals surface area contributed by atoms with Gasteiger partial charge in [-0.25, -0.2) is 9.37 Å². The average molecular weight is 348 g/mol. The number of nitrogens with zero attached hydrogens (tertiary/aromatic N) is 2. The summed E-state index contributed by atoms with van der Waals surface area (Å²) in [4.78, 5) is 4.47. The number of benzene rings is 1. The Bertz CT molecular complexity index is 782. The Kier molecular flexibility index (Phi) is 4.03. The van der Waals surface area contributed by atoms with E-state index in [0.29, 0.717) is 6.54 Å². The second-order valence-corrected chi connectivity index (χ2v) is 5.78. The van der Waals surface area contributed by atoms with Crippen molar-refractivity contribution < 1.29 is 4.39 Å². The Morgan fingerprint density at radius 2 is 2.14 bits per heavy atom. The zero-order chi connectivity index (χ0) is 14.8. The van der Waals surface area contributed by atoms with E-state index in [1.807, 2.05) is 13.1 Å². The zero-order valence-corrected chi connectivity index (χ0v) is 13.2. The van der Waals surface area contributed by atoms with Gasteiger partial charge in [0.2, 0.25) is 0 Å². The number of fused-ring (bicyclic) bond motifs is 1. The predicted molar refractivity (Wildman–Crippen MR) is 85.7 cm³/mol. The van der Waals surface area contributed by atoms with Crippen molar-refractivity contribution in [2.45, 2.75) is 13.1 Å². The maximum Gasteiger partial charge on any atom is 0.140 e. The highest BCUT2D eigenvalue weighted by molar-refractivity contribution is 9.10. The van der Waals surface area contributed by atoms with Crippen LogP contribution in [0.25, 0.3) is 11.0 Å². The van der Waals surface area contributed by atoms with E-state index >= 15 is 0 Å². The van der Waals surface area contributed by atoms with Crippen molar-refractivity contribution in [3.05, 3.63) is 64.1 Å². The third-order valence-electron chi connectivity index (χ3n) is 3.44. The third-order valence-corrected chi connectivity index (χ3v) is 4.18. The summed E-state index contributed by atoms with van der Waals surface area (Å²) in [5, 5.41) is 4.32. The molecule has 0 saturated heterocycles. The van der Waals surface area contributed by atoms with E-state index in [9.17, 15) is 4.39 Å². The van der Waals surface area contributed by atoms with Crippen molar-refractivity contribution in [2.24, 2.45) is 0 Å². The van der Waals surface area contributed by atoms with Crippen LogP contribution in [-0.4, -0.2) is 16.6 Å². The summed E-state index contributed by atoms with van der Waals surface area (Å²) in [5.74, 6) is -0.239. The molecule has 0 atom stereocenters. The topological polar surface area (TPSA) is 29.9 Å². The largest absolute Gasteiger partial charge is 0.328 e. The second-order valence-electron chi connectivity index (χ2n) is 4.92. The van der Waals surface area contributed by atoms with Crippen LogP contribution >= 0.6 is 15.9 Å². The molecule has 5 heteroatoms. The zero-order valence-electron chi connectivity index (χ0n) is 11.6. The molecule has 108 valence electrons. The summed E-state index contributed by atoms with van der Waals surface area (Å²) >= 11 is 3.42. The van der Waals surface area contributed by atoms with E-state index in [4.69, 9.17) is 0 Å². The normalized spacial score (nSPS) is 11.2. The van der Waals surface area contributed by atoms with Crippen LogP contribution in [0, 0.1) is 5.82 Å². The van der Waals surface area contributed by atoms with Gasteiger partial charge in [-0.15, -0.1) is 0 Å². The molecular weight excluding hydrogens is 333 g/mol. The van der Waals surface area contributed by atoms with Gasteiger partial charge in [-0.2, -0.15) is 0 Å². The highest BCUT2D eigenvalue weighted by Crippen LogP contribution is 2.24. The van der Waals surface area contributed by atoms with E-state index in [-0.39, 0.29) is 5.82 Å². The molecule has 21 heavy (non-hydrogen) atoms. The summed E-state index contributed by atoms with van der Waals surface area (Å²) < 4.78 is 16.1. The van der Waals surface area contributed by atoms with Gasteiger partial charge in [-0.05, 0) is 42.4 Å². The molecule has 0 aliphatic carbocycles.